The molecule has 0 radical (unpaired) electrons. The van der Waals surface area contributed by atoms with E-state index in [0.29, 0.717) is 39.1 Å². The SMILES string of the molecule is Cc1cc(C(=O)CN2CCN(S(=O)(=O)CCc3ccccc3)CC2)c(C)n1C(C)(C)C. The van der Waals surface area contributed by atoms with Gasteiger partial charge in [-0.1, -0.05) is 30.3 Å². The molecule has 0 N–H and O–H groups in total. The van der Waals surface area contributed by atoms with E-state index in [1.165, 1.54) is 0 Å². The van der Waals surface area contributed by atoms with Crippen LogP contribution in [0.3, 0.4) is 0 Å². The quantitative estimate of drug-likeness (QED) is 0.614. The van der Waals surface area contributed by atoms with Gasteiger partial charge in [0, 0.05) is 48.7 Å². The molecule has 0 aliphatic carbocycles. The third kappa shape index (κ3) is 5.64. The van der Waals surface area contributed by atoms with Crippen LogP contribution in [0.15, 0.2) is 36.4 Å². The van der Waals surface area contributed by atoms with Crippen LogP contribution in [0.2, 0.25) is 0 Å². The van der Waals surface area contributed by atoms with E-state index in [0.717, 1.165) is 22.5 Å². The smallest absolute Gasteiger partial charge is 0.214 e. The Morgan fingerprint density at radius 2 is 1.61 bits per heavy atom. The predicted octanol–water partition coefficient (Wildman–Crippen LogP) is 3.23. The van der Waals surface area contributed by atoms with Crippen LogP contribution in [0.25, 0.3) is 0 Å². The molecule has 7 heteroatoms. The van der Waals surface area contributed by atoms with Gasteiger partial charge < -0.3 is 4.57 Å². The highest BCUT2D eigenvalue weighted by Gasteiger charge is 2.29. The van der Waals surface area contributed by atoms with Gasteiger partial charge in [-0.3, -0.25) is 9.69 Å². The summed E-state index contributed by atoms with van der Waals surface area (Å²) in [6.45, 7) is 12.8. The summed E-state index contributed by atoms with van der Waals surface area (Å²) in [6.07, 6.45) is 0.519. The molecule has 0 saturated carbocycles. The minimum Gasteiger partial charge on any atom is -0.343 e. The van der Waals surface area contributed by atoms with Crippen molar-refractivity contribution in [1.82, 2.24) is 13.8 Å². The summed E-state index contributed by atoms with van der Waals surface area (Å²) in [4.78, 5) is 15.0. The standard InChI is InChI=1S/C24H35N3O3S/c1-19-17-22(20(2)27(19)24(3,4)5)23(28)18-25-12-14-26(15-13-25)31(29,30)16-11-21-9-7-6-8-10-21/h6-10,17H,11-16,18H2,1-5H3. The number of nitrogens with zero attached hydrogens (tertiary/aromatic N) is 3. The van der Waals surface area contributed by atoms with Gasteiger partial charge in [0.15, 0.2) is 5.78 Å². The number of piperazine rings is 1. The zero-order chi connectivity index (χ0) is 22.8. The number of rotatable bonds is 7. The lowest BCUT2D eigenvalue weighted by molar-refractivity contribution is 0.0901. The number of aromatic nitrogens is 1. The van der Waals surface area contributed by atoms with Crippen molar-refractivity contribution in [3.05, 3.63) is 58.9 Å². The molecule has 0 atom stereocenters. The Morgan fingerprint density at radius 1 is 1.00 bits per heavy atom. The minimum atomic E-state index is -3.29. The number of ketones is 1. The molecule has 31 heavy (non-hydrogen) atoms. The second kappa shape index (κ2) is 9.27. The molecule has 0 spiro atoms. The highest BCUT2D eigenvalue weighted by atomic mass is 32.2. The lowest BCUT2D eigenvalue weighted by atomic mass is 10.1. The summed E-state index contributed by atoms with van der Waals surface area (Å²) < 4.78 is 29.2. The summed E-state index contributed by atoms with van der Waals surface area (Å²) in [5.74, 6) is 0.221. The molecule has 0 unspecified atom stereocenters. The molecule has 1 saturated heterocycles. The zero-order valence-corrected chi connectivity index (χ0v) is 20.2. The van der Waals surface area contributed by atoms with Crippen LogP contribution in [-0.4, -0.2) is 66.4 Å². The van der Waals surface area contributed by atoms with Crippen LogP contribution in [0, 0.1) is 13.8 Å². The van der Waals surface area contributed by atoms with Crippen molar-refractivity contribution in [2.75, 3.05) is 38.5 Å². The average molecular weight is 446 g/mol. The van der Waals surface area contributed by atoms with Crippen LogP contribution in [0.5, 0.6) is 0 Å². The Kier molecular flexibility index (Phi) is 7.08. The molecule has 1 fully saturated rings. The van der Waals surface area contributed by atoms with Gasteiger partial charge in [-0.15, -0.1) is 0 Å². The van der Waals surface area contributed by atoms with Crippen molar-refractivity contribution in [2.45, 2.75) is 46.6 Å². The van der Waals surface area contributed by atoms with E-state index in [-0.39, 0.29) is 17.1 Å². The third-order valence-corrected chi connectivity index (χ3v) is 7.86. The second-order valence-electron chi connectivity index (χ2n) is 9.44. The van der Waals surface area contributed by atoms with Crippen molar-refractivity contribution in [2.24, 2.45) is 0 Å². The first-order valence-corrected chi connectivity index (χ1v) is 12.6. The Morgan fingerprint density at radius 3 is 2.16 bits per heavy atom. The van der Waals surface area contributed by atoms with Crippen LogP contribution in [0.1, 0.15) is 48.1 Å². The van der Waals surface area contributed by atoms with Crippen molar-refractivity contribution >= 4 is 15.8 Å². The molecule has 1 aliphatic heterocycles. The topological polar surface area (TPSA) is 62.6 Å². The van der Waals surface area contributed by atoms with E-state index in [9.17, 15) is 13.2 Å². The lowest BCUT2D eigenvalue weighted by Gasteiger charge is -2.33. The van der Waals surface area contributed by atoms with Crippen LogP contribution >= 0.6 is 0 Å². The molecule has 1 aliphatic rings. The van der Waals surface area contributed by atoms with Gasteiger partial charge in [0.2, 0.25) is 10.0 Å². The number of carbonyl (C=O) groups excluding carboxylic acids is 1. The van der Waals surface area contributed by atoms with E-state index < -0.39 is 10.0 Å². The molecule has 170 valence electrons. The van der Waals surface area contributed by atoms with E-state index >= 15 is 0 Å². The number of aryl methyl sites for hydroxylation is 2. The number of hydrogen-bond acceptors (Lipinski definition) is 4. The normalized spacial score (nSPS) is 16.5. The third-order valence-electron chi connectivity index (χ3n) is 5.99. The lowest BCUT2D eigenvalue weighted by Crippen LogP contribution is -2.50. The fraction of sp³-hybridized carbons (Fsp3) is 0.542. The van der Waals surface area contributed by atoms with E-state index in [1.54, 1.807) is 4.31 Å². The zero-order valence-electron chi connectivity index (χ0n) is 19.4. The average Bonchev–Trinajstić information content (AvgIpc) is 3.02. The first-order valence-electron chi connectivity index (χ1n) is 11.0. The first kappa shape index (κ1) is 23.7. The molecule has 0 amide bonds. The van der Waals surface area contributed by atoms with Gasteiger partial charge in [-0.2, -0.15) is 4.31 Å². The molecular formula is C24H35N3O3S. The number of benzene rings is 1. The summed E-state index contributed by atoms with van der Waals surface area (Å²) in [5.41, 5.74) is 3.81. The fourth-order valence-electron chi connectivity index (χ4n) is 4.55. The highest BCUT2D eigenvalue weighted by Crippen LogP contribution is 2.25. The number of sulfonamides is 1. The maximum absolute atomic E-state index is 13.0. The van der Waals surface area contributed by atoms with Crippen LogP contribution in [0.4, 0.5) is 0 Å². The molecule has 2 aromatic rings. The predicted molar refractivity (Wildman–Crippen MR) is 125 cm³/mol. The maximum atomic E-state index is 13.0. The van der Waals surface area contributed by atoms with Crippen molar-refractivity contribution in [3.63, 3.8) is 0 Å². The van der Waals surface area contributed by atoms with Crippen LogP contribution in [-0.2, 0) is 22.0 Å². The number of Topliss-reactive ketones (excluding diaryl/α,β-unsaturated/α-hetero) is 1. The van der Waals surface area contributed by atoms with E-state index in [1.807, 2.05) is 50.2 Å². The van der Waals surface area contributed by atoms with Crippen molar-refractivity contribution in [1.29, 1.82) is 0 Å². The Labute approximate surface area is 186 Å². The summed E-state index contributed by atoms with van der Waals surface area (Å²) in [5, 5.41) is 0. The second-order valence-corrected chi connectivity index (χ2v) is 11.5. The molecule has 0 bridgehead atoms. The molecule has 2 heterocycles. The monoisotopic (exact) mass is 445 g/mol. The van der Waals surface area contributed by atoms with Gasteiger partial charge in [0.25, 0.3) is 0 Å². The molecule has 1 aromatic heterocycles. The molecular weight excluding hydrogens is 410 g/mol. The highest BCUT2D eigenvalue weighted by molar-refractivity contribution is 7.89. The molecule has 1 aromatic carbocycles. The Bertz CT molecular complexity index is 1010. The van der Waals surface area contributed by atoms with Gasteiger partial charge in [0.05, 0.1) is 12.3 Å². The number of hydrogen-bond donors (Lipinski definition) is 0. The Balaban J connectivity index is 1.56. The molecule has 6 nitrogen and oxygen atoms in total. The number of carbonyl (C=O) groups is 1. The van der Waals surface area contributed by atoms with Gasteiger partial charge in [-0.05, 0) is 52.7 Å². The maximum Gasteiger partial charge on any atom is 0.214 e. The Hall–Kier alpha value is -1.96. The van der Waals surface area contributed by atoms with Gasteiger partial charge >= 0.3 is 0 Å². The van der Waals surface area contributed by atoms with Crippen molar-refractivity contribution < 1.29 is 13.2 Å². The fourth-order valence-corrected chi connectivity index (χ4v) is 6.02. The van der Waals surface area contributed by atoms with E-state index in [2.05, 4.69) is 30.2 Å². The summed E-state index contributed by atoms with van der Waals surface area (Å²) in [7, 11) is -3.29. The summed E-state index contributed by atoms with van der Waals surface area (Å²) in [6, 6.07) is 11.7. The van der Waals surface area contributed by atoms with Gasteiger partial charge in [0.1, 0.15) is 0 Å². The van der Waals surface area contributed by atoms with Crippen LogP contribution < -0.4 is 0 Å². The summed E-state index contributed by atoms with van der Waals surface area (Å²) >= 11 is 0. The van der Waals surface area contributed by atoms with Crippen molar-refractivity contribution in [3.8, 4) is 0 Å². The molecule has 3 rings (SSSR count). The van der Waals surface area contributed by atoms with E-state index in [4.69, 9.17) is 0 Å². The van der Waals surface area contributed by atoms with Gasteiger partial charge in [-0.25, -0.2) is 8.42 Å². The minimum absolute atomic E-state index is 0.0770. The largest absolute Gasteiger partial charge is 0.343 e. The first-order chi connectivity index (χ1) is 14.5.